The van der Waals surface area contributed by atoms with Crippen molar-refractivity contribution < 1.29 is 9.13 Å². The number of rotatable bonds is 35. The van der Waals surface area contributed by atoms with Gasteiger partial charge >= 0.3 is 0 Å². The van der Waals surface area contributed by atoms with Crippen LogP contribution in [0.3, 0.4) is 0 Å². The van der Waals surface area contributed by atoms with Gasteiger partial charge in [-0.05, 0) is 25.7 Å². The van der Waals surface area contributed by atoms with E-state index in [2.05, 4.69) is 71.8 Å². The predicted molar refractivity (Wildman–Crippen MR) is 211 cm³/mol. The molecule has 0 atom stereocenters. The summed E-state index contributed by atoms with van der Waals surface area (Å²) in [5.74, 6) is 0. The quantitative estimate of drug-likeness (QED) is 0.0512. The average Bonchev–Trinajstić information content (AvgIpc) is 3.11. The maximum Gasteiger partial charge on any atom is 0.181 e. The summed E-state index contributed by atoms with van der Waals surface area (Å²) in [5, 5.41) is 0. The second-order valence-corrected chi connectivity index (χ2v) is 15.2. The highest BCUT2D eigenvalue weighted by molar-refractivity contribution is 4.99. The minimum Gasteiger partial charge on any atom is -0.202 e. The lowest BCUT2D eigenvalue weighted by Crippen LogP contribution is -2.38. The molecule has 0 radical (unpaired) electrons. The molecule has 0 amide bonds. The van der Waals surface area contributed by atoms with Gasteiger partial charge in [0.15, 0.2) is 23.8 Å². The Morgan fingerprint density at radius 3 is 0.875 bits per heavy atom. The third kappa shape index (κ3) is 23.6. The van der Waals surface area contributed by atoms with Gasteiger partial charge in [0.2, 0.25) is 0 Å². The first-order valence-corrected chi connectivity index (χ1v) is 21.8. The Kier molecular flexibility index (Phi) is 28.8. The summed E-state index contributed by atoms with van der Waals surface area (Å²) in [6.45, 7) is 6.99. The predicted octanol–water partition coefficient (Wildman–Crippen LogP) is 13.8. The highest BCUT2D eigenvalue weighted by Gasteiger charge is 2.12. The Morgan fingerprint density at radius 1 is 0.312 bits per heavy atom. The normalized spacial score (nSPS) is 11.5. The molecular formula is C46H82N2+2. The molecule has 0 N–H and O–H groups in total. The van der Waals surface area contributed by atoms with Crippen LogP contribution < -0.4 is 9.13 Å². The van der Waals surface area contributed by atoms with Crippen molar-refractivity contribution in [3.63, 3.8) is 0 Å². The van der Waals surface area contributed by atoms with E-state index in [9.17, 15) is 0 Å². The van der Waals surface area contributed by atoms with Gasteiger partial charge < -0.3 is 0 Å². The van der Waals surface area contributed by atoms with E-state index in [0.29, 0.717) is 0 Å². The number of unbranched alkanes of at least 4 members (excludes halogenated alkanes) is 27. The van der Waals surface area contributed by atoms with Crippen LogP contribution >= 0.6 is 0 Å². The third-order valence-electron chi connectivity index (χ3n) is 10.7. The van der Waals surface area contributed by atoms with Crippen molar-refractivity contribution in [3.05, 3.63) is 60.2 Å². The summed E-state index contributed by atoms with van der Waals surface area (Å²) in [6, 6.07) is 13.6. The number of hydrogen-bond donors (Lipinski definition) is 0. The number of nitrogens with zero attached hydrogens (tertiary/aromatic N) is 2. The molecule has 0 bridgehead atoms. The van der Waals surface area contributed by atoms with Gasteiger partial charge in [0.1, 0.15) is 13.1 Å². The molecule has 2 rings (SSSR count). The van der Waals surface area contributed by atoms with Gasteiger partial charge in [0.05, 0.1) is 0 Å². The number of hydrogen-bond acceptors (Lipinski definition) is 0. The van der Waals surface area contributed by atoms with E-state index in [1.54, 1.807) is 0 Å². The monoisotopic (exact) mass is 663 g/mol. The molecular weight excluding hydrogens is 581 g/mol. The van der Waals surface area contributed by atoms with E-state index in [-0.39, 0.29) is 0 Å². The zero-order valence-corrected chi connectivity index (χ0v) is 32.6. The Balaban J connectivity index is 1.49. The zero-order chi connectivity index (χ0) is 34.0. The van der Waals surface area contributed by atoms with Crippen molar-refractivity contribution in [1.82, 2.24) is 0 Å². The first-order chi connectivity index (χ1) is 23.8. The molecule has 0 saturated heterocycles. The van der Waals surface area contributed by atoms with Gasteiger partial charge in [-0.15, -0.1) is 0 Å². The van der Waals surface area contributed by atoms with Crippen molar-refractivity contribution in [2.45, 2.75) is 232 Å². The van der Waals surface area contributed by atoms with Crippen molar-refractivity contribution in [1.29, 1.82) is 0 Å². The molecule has 2 heterocycles. The standard InChI is InChI=1S/C46H82N2/c1-3-5-7-9-11-13-15-17-19-21-23-25-27-33-41-47-43-35-31-39-45(47)37-29-30-38-46-40-32-36-44-48(46)42-34-28-26-24-22-20-18-16-14-12-10-8-6-4-2/h31-32,35-36,39-40,43-44H,3-30,33-34,37-38,41-42H2,1-2H3/q+2. The molecule has 0 fully saturated rings. The molecule has 48 heavy (non-hydrogen) atoms. The van der Waals surface area contributed by atoms with Crippen molar-refractivity contribution >= 4 is 0 Å². The van der Waals surface area contributed by atoms with Gasteiger partial charge in [-0.25, -0.2) is 9.13 Å². The van der Waals surface area contributed by atoms with Crippen LogP contribution in [0, 0.1) is 0 Å². The van der Waals surface area contributed by atoms with E-state index < -0.39 is 0 Å². The Morgan fingerprint density at radius 2 is 0.583 bits per heavy atom. The SMILES string of the molecule is CCCCCCCCCCCCCCCC[n+]1ccccc1CCCCc1cccc[n+]1CCCCCCCCCCCCCCCC. The van der Waals surface area contributed by atoms with Gasteiger partial charge in [-0.1, -0.05) is 180 Å². The van der Waals surface area contributed by atoms with Crippen LogP contribution in [0.4, 0.5) is 0 Å². The van der Waals surface area contributed by atoms with Gasteiger partial charge in [-0.3, -0.25) is 0 Å². The second kappa shape index (κ2) is 32.5. The van der Waals surface area contributed by atoms with Crippen LogP contribution in [-0.2, 0) is 25.9 Å². The van der Waals surface area contributed by atoms with Crippen LogP contribution in [0.2, 0.25) is 0 Å². The Hall–Kier alpha value is -1.70. The Labute approximate surface area is 300 Å². The molecule has 0 aliphatic heterocycles. The topological polar surface area (TPSA) is 7.76 Å². The smallest absolute Gasteiger partial charge is 0.181 e. The first-order valence-electron chi connectivity index (χ1n) is 21.8. The summed E-state index contributed by atoms with van der Waals surface area (Å²) in [4.78, 5) is 0. The summed E-state index contributed by atoms with van der Waals surface area (Å²) < 4.78 is 5.08. The molecule has 2 aromatic heterocycles. The first kappa shape index (κ1) is 42.5. The molecule has 0 aromatic carbocycles. The molecule has 0 spiro atoms. The lowest BCUT2D eigenvalue weighted by Gasteiger charge is -2.06. The maximum atomic E-state index is 2.54. The van der Waals surface area contributed by atoms with Gasteiger partial charge in [0, 0.05) is 49.9 Å². The average molecular weight is 663 g/mol. The van der Waals surface area contributed by atoms with Crippen LogP contribution in [-0.4, -0.2) is 0 Å². The molecule has 0 saturated carbocycles. The minimum absolute atomic E-state index is 1.19. The van der Waals surface area contributed by atoms with Crippen molar-refractivity contribution in [2.24, 2.45) is 0 Å². The van der Waals surface area contributed by atoms with Crippen LogP contribution in [0.1, 0.15) is 218 Å². The molecule has 2 aromatic rings. The van der Waals surface area contributed by atoms with E-state index in [0.717, 1.165) is 0 Å². The van der Waals surface area contributed by atoms with E-state index in [4.69, 9.17) is 0 Å². The summed E-state index contributed by atoms with van der Waals surface area (Å²) in [5.41, 5.74) is 3.05. The second-order valence-electron chi connectivity index (χ2n) is 15.2. The minimum atomic E-state index is 1.19. The largest absolute Gasteiger partial charge is 0.202 e. The fraction of sp³-hybridized carbons (Fsp3) is 0.783. The highest BCUT2D eigenvalue weighted by atomic mass is 15.0. The van der Waals surface area contributed by atoms with E-state index >= 15 is 0 Å². The molecule has 0 aliphatic rings. The zero-order valence-electron chi connectivity index (χ0n) is 32.6. The van der Waals surface area contributed by atoms with Gasteiger partial charge in [-0.2, -0.15) is 0 Å². The Bertz CT molecular complexity index is 875. The van der Waals surface area contributed by atoms with E-state index in [1.165, 1.54) is 230 Å². The lowest BCUT2D eigenvalue weighted by atomic mass is 10.0. The number of aryl methyl sites for hydroxylation is 4. The van der Waals surface area contributed by atoms with Crippen molar-refractivity contribution in [2.75, 3.05) is 0 Å². The van der Waals surface area contributed by atoms with Gasteiger partial charge in [0.25, 0.3) is 0 Å². The van der Waals surface area contributed by atoms with Crippen LogP contribution in [0.5, 0.6) is 0 Å². The molecule has 0 aliphatic carbocycles. The third-order valence-corrected chi connectivity index (χ3v) is 10.7. The van der Waals surface area contributed by atoms with Crippen LogP contribution in [0.15, 0.2) is 48.8 Å². The molecule has 274 valence electrons. The molecule has 2 nitrogen and oxygen atoms in total. The number of pyridine rings is 2. The highest BCUT2D eigenvalue weighted by Crippen LogP contribution is 2.15. The number of aromatic nitrogens is 2. The lowest BCUT2D eigenvalue weighted by molar-refractivity contribution is -0.705. The molecule has 2 heteroatoms. The fourth-order valence-corrected chi connectivity index (χ4v) is 7.48. The molecule has 0 unspecified atom stereocenters. The maximum absolute atomic E-state index is 2.54. The summed E-state index contributed by atoms with van der Waals surface area (Å²) in [6.07, 6.45) is 49.6. The van der Waals surface area contributed by atoms with Crippen molar-refractivity contribution in [3.8, 4) is 0 Å². The summed E-state index contributed by atoms with van der Waals surface area (Å²) >= 11 is 0. The summed E-state index contributed by atoms with van der Waals surface area (Å²) in [7, 11) is 0. The van der Waals surface area contributed by atoms with E-state index in [1.807, 2.05) is 0 Å². The fourth-order valence-electron chi connectivity index (χ4n) is 7.48. The van der Waals surface area contributed by atoms with Crippen LogP contribution in [0.25, 0.3) is 0 Å².